The lowest BCUT2D eigenvalue weighted by Crippen LogP contribution is -2.54. The van der Waals surface area contributed by atoms with E-state index in [-0.39, 0.29) is 0 Å². The zero-order chi connectivity index (χ0) is 14.8. The van der Waals surface area contributed by atoms with Crippen LogP contribution in [-0.4, -0.2) is 30.1 Å². The van der Waals surface area contributed by atoms with Crippen LogP contribution in [0.4, 0.5) is 13.2 Å². The number of alkyl halides is 3. The minimum atomic E-state index is -4.28. The van der Waals surface area contributed by atoms with E-state index in [1.807, 2.05) is 0 Å². The van der Waals surface area contributed by atoms with Crippen LogP contribution in [0.5, 0.6) is 0 Å². The van der Waals surface area contributed by atoms with Crippen molar-refractivity contribution < 1.29 is 13.2 Å². The highest BCUT2D eigenvalue weighted by Gasteiger charge is 2.34. The van der Waals surface area contributed by atoms with E-state index in [9.17, 15) is 13.2 Å². The van der Waals surface area contributed by atoms with Crippen molar-refractivity contribution >= 4 is 0 Å². The molecule has 0 saturated carbocycles. The van der Waals surface area contributed by atoms with Gasteiger partial charge in [-0.05, 0) is 25.0 Å². The molecule has 0 spiro atoms. The van der Waals surface area contributed by atoms with Crippen LogP contribution in [-0.2, 0) is 12.7 Å². The van der Waals surface area contributed by atoms with Gasteiger partial charge in [-0.15, -0.1) is 0 Å². The fourth-order valence-corrected chi connectivity index (χ4v) is 2.78. The molecule has 2 nitrogen and oxygen atoms in total. The average molecular weight is 286 g/mol. The molecule has 2 unspecified atom stereocenters. The summed E-state index contributed by atoms with van der Waals surface area (Å²) in [4.78, 5) is 2.16. The second-order valence-corrected chi connectivity index (χ2v) is 5.46. The molecule has 0 aliphatic carbocycles. The first kappa shape index (κ1) is 15.3. The number of nitrogens with zero attached hydrogens (tertiary/aromatic N) is 1. The third kappa shape index (κ3) is 3.52. The van der Waals surface area contributed by atoms with Gasteiger partial charge in [-0.1, -0.05) is 25.1 Å². The molecule has 1 saturated heterocycles. The van der Waals surface area contributed by atoms with Crippen molar-refractivity contribution in [1.82, 2.24) is 10.2 Å². The lowest BCUT2D eigenvalue weighted by molar-refractivity contribution is -0.138. The van der Waals surface area contributed by atoms with Crippen LogP contribution in [0.2, 0.25) is 0 Å². The zero-order valence-electron chi connectivity index (χ0n) is 11.9. The van der Waals surface area contributed by atoms with Gasteiger partial charge in [-0.2, -0.15) is 13.2 Å². The monoisotopic (exact) mass is 286 g/mol. The summed E-state index contributed by atoms with van der Waals surface area (Å²) in [7, 11) is 0. The SMILES string of the molecule is CCC1CNC(C)CN1Cc1ccccc1C(F)(F)F. The van der Waals surface area contributed by atoms with Gasteiger partial charge in [0.25, 0.3) is 0 Å². The largest absolute Gasteiger partial charge is 0.416 e. The summed E-state index contributed by atoms with van der Waals surface area (Å²) >= 11 is 0. The van der Waals surface area contributed by atoms with Gasteiger partial charge >= 0.3 is 6.18 Å². The van der Waals surface area contributed by atoms with E-state index in [2.05, 4.69) is 24.1 Å². The van der Waals surface area contributed by atoms with Crippen LogP contribution in [0.25, 0.3) is 0 Å². The van der Waals surface area contributed by atoms with Crippen molar-refractivity contribution in [3.63, 3.8) is 0 Å². The summed E-state index contributed by atoms with van der Waals surface area (Å²) in [6.07, 6.45) is -3.34. The van der Waals surface area contributed by atoms with Gasteiger partial charge in [0.1, 0.15) is 0 Å². The van der Waals surface area contributed by atoms with Gasteiger partial charge in [0.05, 0.1) is 5.56 Å². The summed E-state index contributed by atoms with van der Waals surface area (Å²) in [5.74, 6) is 0. The average Bonchev–Trinajstić information content (AvgIpc) is 2.38. The van der Waals surface area contributed by atoms with Crippen molar-refractivity contribution in [1.29, 1.82) is 0 Å². The Hall–Kier alpha value is -1.07. The predicted molar refractivity (Wildman–Crippen MR) is 73.4 cm³/mol. The number of hydrogen-bond donors (Lipinski definition) is 1. The smallest absolute Gasteiger partial charge is 0.311 e. The molecule has 1 aliphatic heterocycles. The second-order valence-electron chi connectivity index (χ2n) is 5.46. The van der Waals surface area contributed by atoms with Crippen LogP contribution >= 0.6 is 0 Å². The highest BCUT2D eigenvalue weighted by atomic mass is 19.4. The summed E-state index contributed by atoms with van der Waals surface area (Å²) in [6, 6.07) is 6.49. The van der Waals surface area contributed by atoms with Crippen molar-refractivity contribution in [2.45, 2.75) is 45.1 Å². The Bertz CT molecular complexity index is 445. The lowest BCUT2D eigenvalue weighted by Gasteiger charge is -2.39. The molecule has 1 heterocycles. The van der Waals surface area contributed by atoms with Gasteiger partial charge in [0.15, 0.2) is 0 Å². The molecule has 1 N–H and O–H groups in total. The molecule has 1 fully saturated rings. The molecule has 0 bridgehead atoms. The topological polar surface area (TPSA) is 15.3 Å². The molecule has 2 rings (SSSR count). The fraction of sp³-hybridized carbons (Fsp3) is 0.600. The van der Waals surface area contributed by atoms with Crippen molar-refractivity contribution in [3.05, 3.63) is 35.4 Å². The maximum Gasteiger partial charge on any atom is 0.416 e. The van der Waals surface area contributed by atoms with Crippen LogP contribution < -0.4 is 5.32 Å². The molecule has 20 heavy (non-hydrogen) atoms. The molecule has 1 aromatic carbocycles. The summed E-state index contributed by atoms with van der Waals surface area (Å²) in [5.41, 5.74) is -0.145. The molecule has 0 radical (unpaired) electrons. The van der Waals surface area contributed by atoms with Crippen LogP contribution in [0.1, 0.15) is 31.4 Å². The summed E-state index contributed by atoms with van der Waals surface area (Å²) in [5, 5.41) is 3.38. The minimum Gasteiger partial charge on any atom is -0.311 e. The van der Waals surface area contributed by atoms with Gasteiger partial charge in [0, 0.05) is 31.7 Å². The molecule has 0 amide bonds. The number of nitrogens with one attached hydrogen (secondary N) is 1. The molecule has 1 aliphatic rings. The van der Waals surface area contributed by atoms with Gasteiger partial charge in [0.2, 0.25) is 0 Å². The Morgan fingerprint density at radius 3 is 2.65 bits per heavy atom. The Morgan fingerprint density at radius 1 is 1.30 bits per heavy atom. The van der Waals surface area contributed by atoms with E-state index in [1.165, 1.54) is 12.1 Å². The number of benzene rings is 1. The quantitative estimate of drug-likeness (QED) is 0.917. The van der Waals surface area contributed by atoms with Gasteiger partial charge < -0.3 is 5.32 Å². The Morgan fingerprint density at radius 2 is 2.00 bits per heavy atom. The third-order valence-electron chi connectivity index (χ3n) is 3.89. The first-order chi connectivity index (χ1) is 9.41. The molecule has 0 aromatic heterocycles. The zero-order valence-corrected chi connectivity index (χ0v) is 11.9. The van der Waals surface area contributed by atoms with Gasteiger partial charge in [-0.25, -0.2) is 0 Å². The first-order valence-corrected chi connectivity index (χ1v) is 7.04. The molecular formula is C15H21F3N2. The normalized spacial score (nSPS) is 24.9. The van der Waals surface area contributed by atoms with Crippen molar-refractivity contribution in [2.75, 3.05) is 13.1 Å². The third-order valence-corrected chi connectivity index (χ3v) is 3.89. The Balaban J connectivity index is 2.20. The van der Waals surface area contributed by atoms with E-state index in [1.54, 1.807) is 12.1 Å². The maximum atomic E-state index is 13.0. The second kappa shape index (κ2) is 6.14. The van der Waals surface area contributed by atoms with Crippen molar-refractivity contribution in [2.24, 2.45) is 0 Å². The van der Waals surface area contributed by atoms with Crippen molar-refractivity contribution in [3.8, 4) is 0 Å². The minimum absolute atomic E-state index is 0.299. The van der Waals surface area contributed by atoms with E-state index >= 15 is 0 Å². The highest BCUT2D eigenvalue weighted by molar-refractivity contribution is 5.29. The summed E-state index contributed by atoms with van der Waals surface area (Å²) < 4.78 is 39.1. The molecule has 5 heteroatoms. The number of rotatable bonds is 3. The van der Waals surface area contributed by atoms with Crippen LogP contribution in [0, 0.1) is 0 Å². The standard InChI is InChI=1S/C15H21F3N2/c1-3-13-8-19-11(2)9-20(13)10-12-6-4-5-7-14(12)15(16,17)18/h4-7,11,13,19H,3,8-10H2,1-2H3. The van der Waals surface area contributed by atoms with E-state index in [4.69, 9.17) is 0 Å². The number of piperazine rings is 1. The number of halogens is 3. The fourth-order valence-electron chi connectivity index (χ4n) is 2.78. The van der Waals surface area contributed by atoms with E-state index in [0.717, 1.165) is 19.5 Å². The maximum absolute atomic E-state index is 13.0. The highest BCUT2D eigenvalue weighted by Crippen LogP contribution is 2.32. The van der Waals surface area contributed by atoms with Gasteiger partial charge in [-0.3, -0.25) is 4.90 Å². The molecule has 112 valence electrons. The molecular weight excluding hydrogens is 265 g/mol. The van der Waals surface area contributed by atoms with E-state index in [0.29, 0.717) is 24.2 Å². The summed E-state index contributed by atoms with van der Waals surface area (Å²) in [6.45, 7) is 6.12. The molecule has 2 atom stereocenters. The number of hydrogen-bond acceptors (Lipinski definition) is 2. The first-order valence-electron chi connectivity index (χ1n) is 7.04. The van der Waals surface area contributed by atoms with Crippen LogP contribution in [0.3, 0.4) is 0 Å². The Kier molecular flexibility index (Phi) is 4.70. The van der Waals surface area contributed by atoms with E-state index < -0.39 is 11.7 Å². The predicted octanol–water partition coefficient (Wildman–Crippen LogP) is 3.28. The Labute approximate surface area is 118 Å². The van der Waals surface area contributed by atoms with Crippen LogP contribution in [0.15, 0.2) is 24.3 Å². The molecule has 1 aromatic rings. The lowest BCUT2D eigenvalue weighted by atomic mass is 10.0.